The molecule has 0 N–H and O–H groups in total. The number of rotatable bonds is 3. The Bertz CT molecular complexity index is 1260. The van der Waals surface area contributed by atoms with Crippen molar-refractivity contribution in [3.8, 4) is 0 Å². The van der Waals surface area contributed by atoms with Gasteiger partial charge in [-0.25, -0.2) is 4.90 Å². The number of benzene rings is 3. The van der Waals surface area contributed by atoms with Gasteiger partial charge in [-0.2, -0.15) is 0 Å². The highest BCUT2D eigenvalue weighted by Gasteiger charge is 2.38. The average molecular weight is 440 g/mol. The lowest BCUT2D eigenvalue weighted by molar-refractivity contribution is 0.0746. The molecule has 0 spiro atoms. The molecule has 3 aromatic carbocycles. The molecule has 0 atom stereocenters. The standard InChI is InChI=1S/C27H25N3O3/c1-18-8-9-19(2)24(16-18)30-26(32)22-11-10-20(17-23(22)27(30)33)25(31)29-14-12-28(13-15-29)21-6-4-3-5-7-21/h3-11,16-17H,12-15H2,1-2H3. The molecule has 2 heterocycles. The number of nitrogens with zero attached hydrogens (tertiary/aromatic N) is 3. The van der Waals surface area contributed by atoms with E-state index in [0.29, 0.717) is 29.9 Å². The maximum atomic E-state index is 13.2. The Balaban J connectivity index is 1.35. The maximum Gasteiger partial charge on any atom is 0.266 e. The number of imide groups is 1. The van der Waals surface area contributed by atoms with Crippen molar-refractivity contribution in [1.29, 1.82) is 0 Å². The lowest BCUT2D eigenvalue weighted by Crippen LogP contribution is -2.48. The maximum absolute atomic E-state index is 13.2. The third kappa shape index (κ3) is 3.67. The lowest BCUT2D eigenvalue weighted by Gasteiger charge is -2.36. The number of aryl methyl sites for hydroxylation is 2. The second-order valence-electron chi connectivity index (χ2n) is 8.61. The van der Waals surface area contributed by atoms with Crippen molar-refractivity contribution < 1.29 is 14.4 Å². The minimum atomic E-state index is -0.382. The summed E-state index contributed by atoms with van der Waals surface area (Å²) in [5.41, 5.74) is 4.62. The molecule has 0 aromatic heterocycles. The average Bonchev–Trinajstić information content (AvgIpc) is 3.10. The molecule has 33 heavy (non-hydrogen) atoms. The van der Waals surface area contributed by atoms with Gasteiger partial charge in [-0.05, 0) is 61.4 Å². The predicted octanol–water partition coefficient (Wildman–Crippen LogP) is 4.07. The predicted molar refractivity (Wildman–Crippen MR) is 128 cm³/mol. The first-order chi connectivity index (χ1) is 15.9. The largest absolute Gasteiger partial charge is 0.368 e. The van der Waals surface area contributed by atoms with Gasteiger partial charge in [-0.15, -0.1) is 0 Å². The quantitative estimate of drug-likeness (QED) is 0.578. The Morgan fingerprint density at radius 3 is 2.18 bits per heavy atom. The molecule has 3 aromatic rings. The summed E-state index contributed by atoms with van der Waals surface area (Å²) in [5.74, 6) is -0.845. The van der Waals surface area contributed by atoms with Gasteiger partial charge in [0.1, 0.15) is 0 Å². The van der Waals surface area contributed by atoms with Crippen LogP contribution >= 0.6 is 0 Å². The van der Waals surface area contributed by atoms with Gasteiger partial charge in [0.25, 0.3) is 17.7 Å². The molecular formula is C27H25N3O3. The summed E-state index contributed by atoms with van der Waals surface area (Å²) in [7, 11) is 0. The molecule has 0 aliphatic carbocycles. The van der Waals surface area contributed by atoms with E-state index in [1.54, 1.807) is 18.2 Å². The molecule has 2 aliphatic heterocycles. The van der Waals surface area contributed by atoms with Crippen LogP contribution in [0.15, 0.2) is 66.7 Å². The van der Waals surface area contributed by atoms with Gasteiger partial charge in [0.2, 0.25) is 0 Å². The van der Waals surface area contributed by atoms with Crippen LogP contribution in [0.1, 0.15) is 42.2 Å². The van der Waals surface area contributed by atoms with Crippen LogP contribution in [0.5, 0.6) is 0 Å². The highest BCUT2D eigenvalue weighted by molar-refractivity contribution is 6.35. The Kier molecular flexibility index (Phi) is 5.21. The van der Waals surface area contributed by atoms with Crippen LogP contribution in [0, 0.1) is 13.8 Å². The number of carbonyl (C=O) groups excluding carboxylic acids is 3. The fourth-order valence-electron chi connectivity index (χ4n) is 4.54. The number of anilines is 2. The van der Waals surface area contributed by atoms with E-state index in [4.69, 9.17) is 0 Å². The van der Waals surface area contributed by atoms with E-state index in [0.717, 1.165) is 29.9 Å². The monoisotopic (exact) mass is 439 g/mol. The fourth-order valence-corrected chi connectivity index (χ4v) is 4.54. The molecule has 1 saturated heterocycles. The van der Waals surface area contributed by atoms with E-state index in [1.165, 1.54) is 4.90 Å². The van der Waals surface area contributed by atoms with Crippen LogP contribution in [-0.4, -0.2) is 48.8 Å². The van der Waals surface area contributed by atoms with Gasteiger partial charge in [-0.1, -0.05) is 30.3 Å². The Morgan fingerprint density at radius 2 is 1.45 bits per heavy atom. The zero-order valence-electron chi connectivity index (χ0n) is 18.7. The van der Waals surface area contributed by atoms with Crippen molar-refractivity contribution in [1.82, 2.24) is 4.90 Å². The SMILES string of the molecule is Cc1ccc(C)c(N2C(=O)c3ccc(C(=O)N4CCN(c5ccccc5)CC4)cc3C2=O)c1. The fraction of sp³-hybridized carbons (Fsp3) is 0.222. The molecule has 2 aliphatic rings. The number of amides is 3. The van der Waals surface area contributed by atoms with E-state index >= 15 is 0 Å². The first-order valence-electron chi connectivity index (χ1n) is 11.1. The van der Waals surface area contributed by atoms with Crippen molar-refractivity contribution in [2.24, 2.45) is 0 Å². The third-order valence-corrected chi connectivity index (χ3v) is 6.43. The van der Waals surface area contributed by atoms with Crippen LogP contribution in [0.4, 0.5) is 11.4 Å². The second-order valence-corrected chi connectivity index (χ2v) is 8.61. The molecule has 5 rings (SSSR count). The minimum absolute atomic E-state index is 0.115. The minimum Gasteiger partial charge on any atom is -0.368 e. The van der Waals surface area contributed by atoms with Crippen LogP contribution in [-0.2, 0) is 0 Å². The second kappa shape index (κ2) is 8.20. The summed E-state index contributed by atoms with van der Waals surface area (Å²) in [4.78, 5) is 44.7. The smallest absolute Gasteiger partial charge is 0.266 e. The van der Waals surface area contributed by atoms with Gasteiger partial charge < -0.3 is 9.80 Å². The first kappa shape index (κ1) is 20.9. The number of hydrogen-bond donors (Lipinski definition) is 0. The van der Waals surface area contributed by atoms with Crippen LogP contribution in [0.2, 0.25) is 0 Å². The normalized spacial score (nSPS) is 15.8. The van der Waals surface area contributed by atoms with Crippen molar-refractivity contribution in [2.75, 3.05) is 36.0 Å². The number of fused-ring (bicyclic) bond motifs is 1. The highest BCUT2D eigenvalue weighted by Crippen LogP contribution is 2.32. The third-order valence-electron chi connectivity index (χ3n) is 6.43. The molecular weight excluding hydrogens is 414 g/mol. The van der Waals surface area contributed by atoms with Gasteiger partial charge in [-0.3, -0.25) is 14.4 Å². The van der Waals surface area contributed by atoms with Crippen LogP contribution < -0.4 is 9.80 Å². The molecule has 1 fully saturated rings. The zero-order valence-corrected chi connectivity index (χ0v) is 18.7. The number of carbonyl (C=O) groups is 3. The summed E-state index contributed by atoms with van der Waals surface area (Å²) in [6, 6.07) is 20.7. The van der Waals surface area contributed by atoms with Gasteiger partial charge in [0, 0.05) is 37.4 Å². The van der Waals surface area contributed by atoms with Crippen LogP contribution in [0.3, 0.4) is 0 Å². The molecule has 0 unspecified atom stereocenters. The summed E-state index contributed by atoms with van der Waals surface area (Å²) in [5, 5.41) is 0. The van der Waals surface area contributed by atoms with Crippen molar-refractivity contribution >= 4 is 29.1 Å². The van der Waals surface area contributed by atoms with E-state index in [-0.39, 0.29) is 23.3 Å². The number of piperazine rings is 1. The first-order valence-corrected chi connectivity index (χ1v) is 11.1. The van der Waals surface area contributed by atoms with E-state index in [2.05, 4.69) is 17.0 Å². The van der Waals surface area contributed by atoms with Crippen molar-refractivity contribution in [3.63, 3.8) is 0 Å². The lowest BCUT2D eigenvalue weighted by atomic mass is 10.0. The van der Waals surface area contributed by atoms with E-state index in [9.17, 15) is 14.4 Å². The molecule has 0 saturated carbocycles. The van der Waals surface area contributed by atoms with Crippen LogP contribution in [0.25, 0.3) is 0 Å². The Labute approximate surface area is 193 Å². The van der Waals surface area contributed by atoms with E-state index < -0.39 is 0 Å². The molecule has 6 nitrogen and oxygen atoms in total. The topological polar surface area (TPSA) is 60.9 Å². The molecule has 0 bridgehead atoms. The van der Waals surface area contributed by atoms with Gasteiger partial charge >= 0.3 is 0 Å². The number of hydrogen-bond acceptors (Lipinski definition) is 4. The summed E-state index contributed by atoms with van der Waals surface area (Å²) < 4.78 is 0. The van der Waals surface area contributed by atoms with E-state index in [1.807, 2.05) is 55.1 Å². The Morgan fingerprint density at radius 1 is 0.758 bits per heavy atom. The summed E-state index contributed by atoms with van der Waals surface area (Å²) in [6.45, 7) is 6.51. The Hall–Kier alpha value is -3.93. The molecule has 166 valence electrons. The van der Waals surface area contributed by atoms with Gasteiger partial charge in [0.15, 0.2) is 0 Å². The van der Waals surface area contributed by atoms with Crippen molar-refractivity contribution in [3.05, 3.63) is 94.5 Å². The summed E-state index contributed by atoms with van der Waals surface area (Å²) >= 11 is 0. The van der Waals surface area contributed by atoms with Crippen molar-refractivity contribution in [2.45, 2.75) is 13.8 Å². The highest BCUT2D eigenvalue weighted by atomic mass is 16.2. The molecule has 0 radical (unpaired) electrons. The molecule has 3 amide bonds. The summed E-state index contributed by atoms with van der Waals surface area (Å²) in [6.07, 6.45) is 0. The zero-order chi connectivity index (χ0) is 23.1. The number of para-hydroxylation sites is 1. The van der Waals surface area contributed by atoms with Gasteiger partial charge in [0.05, 0.1) is 16.8 Å². The molecule has 6 heteroatoms.